The molecule has 0 bridgehead atoms. The highest BCUT2D eigenvalue weighted by Gasteiger charge is 2.10. The van der Waals surface area contributed by atoms with E-state index >= 15 is 0 Å². The Bertz CT molecular complexity index is 921. The van der Waals surface area contributed by atoms with E-state index in [9.17, 15) is 0 Å². The van der Waals surface area contributed by atoms with Crippen LogP contribution in [0.5, 0.6) is 0 Å². The third kappa shape index (κ3) is 1.73. The number of thiophene rings is 1. The minimum atomic E-state index is 1.11. The molecule has 0 radical (unpaired) electrons. The second-order valence-electron chi connectivity index (χ2n) is 5.01. The summed E-state index contributed by atoms with van der Waals surface area (Å²) < 4.78 is 1.33. The molecule has 2 aromatic heterocycles. The minimum Gasteiger partial charge on any atom is -0.245 e. The second kappa shape index (κ2) is 4.43. The van der Waals surface area contributed by atoms with Crippen molar-refractivity contribution < 1.29 is 0 Å². The number of hydrogen-bond acceptors (Lipinski definition) is 2. The largest absolute Gasteiger partial charge is 0.245 e. The van der Waals surface area contributed by atoms with Crippen LogP contribution in [0.4, 0.5) is 0 Å². The number of rotatable bonds is 1. The highest BCUT2D eigenvalue weighted by Crippen LogP contribution is 2.38. The van der Waals surface area contributed by atoms with Crippen LogP contribution in [-0.2, 0) is 0 Å². The maximum atomic E-state index is 4.49. The maximum absolute atomic E-state index is 4.49. The van der Waals surface area contributed by atoms with Gasteiger partial charge >= 0.3 is 0 Å². The molecule has 0 spiro atoms. The minimum absolute atomic E-state index is 1.11. The molecule has 0 amide bonds. The average Bonchev–Trinajstić information content (AvgIpc) is 2.86. The highest BCUT2D eigenvalue weighted by molar-refractivity contribution is 7.26. The van der Waals surface area contributed by atoms with Gasteiger partial charge in [0.25, 0.3) is 0 Å². The van der Waals surface area contributed by atoms with Gasteiger partial charge in [-0.1, -0.05) is 48.0 Å². The fourth-order valence-electron chi connectivity index (χ4n) is 2.67. The van der Waals surface area contributed by atoms with Crippen LogP contribution in [0.25, 0.3) is 31.4 Å². The Balaban J connectivity index is 2.10. The number of pyridine rings is 1. The van der Waals surface area contributed by atoms with Crippen LogP contribution < -0.4 is 0 Å². The van der Waals surface area contributed by atoms with Crippen LogP contribution in [0, 0.1) is 6.92 Å². The van der Waals surface area contributed by atoms with Crippen LogP contribution in [-0.4, -0.2) is 4.98 Å². The Morgan fingerprint density at radius 2 is 1.75 bits per heavy atom. The van der Waals surface area contributed by atoms with Gasteiger partial charge in [-0.05, 0) is 30.2 Å². The summed E-state index contributed by atoms with van der Waals surface area (Å²) in [5, 5.41) is 2.55. The van der Waals surface area contributed by atoms with Crippen LogP contribution >= 0.6 is 11.3 Å². The number of aromatic nitrogens is 1. The van der Waals surface area contributed by atoms with E-state index < -0.39 is 0 Å². The fourth-order valence-corrected chi connectivity index (χ4v) is 3.85. The van der Waals surface area contributed by atoms with Crippen LogP contribution in [0.3, 0.4) is 0 Å². The molecule has 1 nitrogen and oxygen atoms in total. The van der Waals surface area contributed by atoms with E-state index in [4.69, 9.17) is 0 Å². The van der Waals surface area contributed by atoms with Gasteiger partial charge in [0.05, 0.1) is 0 Å². The van der Waals surface area contributed by atoms with Gasteiger partial charge < -0.3 is 0 Å². The molecule has 0 unspecified atom stereocenters. The Morgan fingerprint density at radius 3 is 2.65 bits per heavy atom. The first kappa shape index (κ1) is 11.6. The van der Waals surface area contributed by atoms with Crippen molar-refractivity contribution in [3.05, 3.63) is 66.4 Å². The average molecular weight is 275 g/mol. The van der Waals surface area contributed by atoms with Crippen LogP contribution in [0.1, 0.15) is 5.56 Å². The van der Waals surface area contributed by atoms with Crippen molar-refractivity contribution in [2.24, 2.45) is 0 Å². The van der Waals surface area contributed by atoms with Crippen LogP contribution in [0.2, 0.25) is 0 Å². The molecule has 0 aliphatic carbocycles. The van der Waals surface area contributed by atoms with Gasteiger partial charge in [-0.25, -0.2) is 4.98 Å². The second-order valence-corrected chi connectivity index (χ2v) is 6.01. The van der Waals surface area contributed by atoms with E-state index in [2.05, 4.69) is 60.4 Å². The van der Waals surface area contributed by atoms with Gasteiger partial charge in [0.1, 0.15) is 4.83 Å². The zero-order valence-electron chi connectivity index (χ0n) is 11.1. The SMILES string of the molecule is Cc1cccc(-c2cccc3c2sc2ncccc23)c1. The summed E-state index contributed by atoms with van der Waals surface area (Å²) in [4.78, 5) is 5.60. The van der Waals surface area contributed by atoms with Gasteiger partial charge in [-0.2, -0.15) is 0 Å². The van der Waals surface area contributed by atoms with E-state index in [-0.39, 0.29) is 0 Å². The third-order valence-electron chi connectivity index (χ3n) is 3.60. The molecule has 0 atom stereocenters. The Morgan fingerprint density at radius 1 is 0.900 bits per heavy atom. The number of fused-ring (bicyclic) bond motifs is 3. The van der Waals surface area contributed by atoms with Crippen molar-refractivity contribution in [2.45, 2.75) is 6.92 Å². The van der Waals surface area contributed by atoms with Gasteiger partial charge in [0, 0.05) is 21.7 Å². The van der Waals surface area contributed by atoms with Crippen molar-refractivity contribution in [3.63, 3.8) is 0 Å². The first-order valence-corrected chi connectivity index (χ1v) is 7.48. The molecule has 0 fully saturated rings. The van der Waals surface area contributed by atoms with Gasteiger partial charge in [-0.3, -0.25) is 0 Å². The predicted octanol–water partition coefficient (Wildman–Crippen LogP) is 5.42. The molecule has 2 heterocycles. The van der Waals surface area contributed by atoms with E-state index in [1.54, 1.807) is 11.3 Å². The van der Waals surface area contributed by atoms with Gasteiger partial charge in [0.15, 0.2) is 0 Å². The first-order chi connectivity index (χ1) is 9.83. The number of nitrogens with zero attached hydrogens (tertiary/aromatic N) is 1. The molecule has 4 aromatic rings. The smallest absolute Gasteiger partial charge is 0.124 e. The maximum Gasteiger partial charge on any atom is 0.124 e. The Labute approximate surface area is 121 Å². The summed E-state index contributed by atoms with van der Waals surface area (Å²) in [6, 6.07) is 19.4. The molecule has 0 saturated heterocycles. The van der Waals surface area contributed by atoms with E-state index in [1.165, 1.54) is 32.2 Å². The molecule has 2 heteroatoms. The van der Waals surface area contributed by atoms with E-state index in [1.807, 2.05) is 12.3 Å². The number of aryl methyl sites for hydroxylation is 1. The summed E-state index contributed by atoms with van der Waals surface area (Å²) >= 11 is 1.78. The molecule has 96 valence electrons. The zero-order chi connectivity index (χ0) is 13.5. The first-order valence-electron chi connectivity index (χ1n) is 6.66. The van der Waals surface area contributed by atoms with E-state index in [0.717, 1.165) is 4.83 Å². The summed E-state index contributed by atoms with van der Waals surface area (Å²) in [6.07, 6.45) is 1.87. The number of hydrogen-bond donors (Lipinski definition) is 0. The molecule has 4 rings (SSSR count). The lowest BCUT2D eigenvalue weighted by Crippen LogP contribution is -1.79. The normalized spacial score (nSPS) is 11.2. The lowest BCUT2D eigenvalue weighted by atomic mass is 10.0. The molecule has 0 N–H and O–H groups in total. The van der Waals surface area contributed by atoms with Crippen molar-refractivity contribution in [1.29, 1.82) is 0 Å². The zero-order valence-corrected chi connectivity index (χ0v) is 11.9. The molecule has 0 aliphatic heterocycles. The summed E-state index contributed by atoms with van der Waals surface area (Å²) in [6.45, 7) is 2.14. The molecule has 2 aromatic carbocycles. The number of benzene rings is 2. The van der Waals surface area contributed by atoms with Crippen molar-refractivity contribution in [2.75, 3.05) is 0 Å². The summed E-state index contributed by atoms with van der Waals surface area (Å²) in [5.41, 5.74) is 3.87. The lowest BCUT2D eigenvalue weighted by molar-refractivity contribution is 1.45. The monoisotopic (exact) mass is 275 g/mol. The van der Waals surface area contributed by atoms with Crippen molar-refractivity contribution >= 4 is 31.6 Å². The lowest BCUT2D eigenvalue weighted by Gasteiger charge is -2.04. The van der Waals surface area contributed by atoms with Crippen molar-refractivity contribution in [3.8, 4) is 11.1 Å². The Kier molecular flexibility index (Phi) is 2.57. The van der Waals surface area contributed by atoms with Crippen LogP contribution in [0.15, 0.2) is 60.8 Å². The molecule has 0 saturated carbocycles. The Hall–Kier alpha value is -2.19. The predicted molar refractivity (Wildman–Crippen MR) is 87.3 cm³/mol. The summed E-state index contributed by atoms with van der Waals surface area (Å²) in [7, 11) is 0. The molecular weight excluding hydrogens is 262 g/mol. The standard InChI is InChI=1S/C18H13NS/c1-12-5-2-6-13(11-12)14-7-3-8-15-16-9-4-10-19-18(16)20-17(14)15/h2-11H,1H3. The molecular formula is C18H13NS. The van der Waals surface area contributed by atoms with Gasteiger partial charge in [-0.15, -0.1) is 11.3 Å². The van der Waals surface area contributed by atoms with E-state index in [0.29, 0.717) is 0 Å². The molecule has 20 heavy (non-hydrogen) atoms. The molecule has 0 aliphatic rings. The quantitative estimate of drug-likeness (QED) is 0.451. The highest BCUT2D eigenvalue weighted by atomic mass is 32.1. The summed E-state index contributed by atoms with van der Waals surface area (Å²) in [5.74, 6) is 0. The van der Waals surface area contributed by atoms with Crippen molar-refractivity contribution in [1.82, 2.24) is 4.98 Å². The third-order valence-corrected chi connectivity index (χ3v) is 4.77. The topological polar surface area (TPSA) is 12.9 Å². The fraction of sp³-hybridized carbons (Fsp3) is 0.0556. The van der Waals surface area contributed by atoms with Gasteiger partial charge in [0.2, 0.25) is 0 Å².